The Labute approximate surface area is 95.0 Å². The van der Waals surface area contributed by atoms with Gasteiger partial charge in [-0.3, -0.25) is 4.79 Å². The van der Waals surface area contributed by atoms with Crippen LogP contribution in [0.15, 0.2) is 12.3 Å². The van der Waals surface area contributed by atoms with Gasteiger partial charge < -0.3 is 21.1 Å². The van der Waals surface area contributed by atoms with E-state index in [9.17, 15) is 4.79 Å². The van der Waals surface area contributed by atoms with E-state index in [1.807, 2.05) is 13.8 Å². The highest BCUT2D eigenvalue weighted by Gasteiger charge is 2.24. The fourth-order valence-corrected chi connectivity index (χ4v) is 1.46. The van der Waals surface area contributed by atoms with Crippen LogP contribution in [-0.2, 0) is 0 Å². The maximum absolute atomic E-state index is 11.8. The Morgan fingerprint density at radius 3 is 2.81 bits per heavy atom. The summed E-state index contributed by atoms with van der Waals surface area (Å²) in [6.07, 6.45) is 2.87. The quantitative estimate of drug-likeness (QED) is 0.599. The zero-order valence-electron chi connectivity index (χ0n) is 9.71. The first-order valence-corrected chi connectivity index (χ1v) is 5.38. The molecule has 1 amide bonds. The zero-order valence-corrected chi connectivity index (χ0v) is 9.71. The molecular weight excluding hydrogens is 206 g/mol. The smallest absolute Gasteiger partial charge is 0.268 e. The van der Waals surface area contributed by atoms with Crippen molar-refractivity contribution < 1.29 is 9.90 Å². The maximum atomic E-state index is 11.8. The fraction of sp³-hybridized carbons (Fsp3) is 0.545. The van der Waals surface area contributed by atoms with Crippen molar-refractivity contribution in [1.82, 2.24) is 10.3 Å². The number of nitrogen functional groups attached to an aromatic ring is 1. The molecule has 0 fully saturated rings. The number of carbonyl (C=O) groups excluding carboxylic acids is 1. The molecule has 1 unspecified atom stereocenters. The van der Waals surface area contributed by atoms with Crippen LogP contribution in [0.3, 0.4) is 0 Å². The first-order valence-electron chi connectivity index (χ1n) is 5.38. The van der Waals surface area contributed by atoms with E-state index in [1.54, 1.807) is 12.3 Å². The van der Waals surface area contributed by atoms with Gasteiger partial charge >= 0.3 is 0 Å². The third-order valence-electron chi connectivity index (χ3n) is 2.81. The minimum absolute atomic E-state index is 0.0531. The highest BCUT2D eigenvalue weighted by Crippen LogP contribution is 2.15. The Balaban J connectivity index is 2.69. The van der Waals surface area contributed by atoms with E-state index >= 15 is 0 Å². The van der Waals surface area contributed by atoms with Crippen molar-refractivity contribution in [2.75, 3.05) is 12.3 Å². The van der Waals surface area contributed by atoms with Crippen LogP contribution in [0.25, 0.3) is 0 Å². The largest absolute Gasteiger partial charge is 0.397 e. The summed E-state index contributed by atoms with van der Waals surface area (Å²) in [5.41, 5.74) is 6.11. The van der Waals surface area contributed by atoms with Crippen molar-refractivity contribution in [2.24, 2.45) is 0 Å². The molecule has 16 heavy (non-hydrogen) atoms. The molecule has 0 aliphatic heterocycles. The van der Waals surface area contributed by atoms with Gasteiger partial charge in [0.25, 0.3) is 5.91 Å². The van der Waals surface area contributed by atoms with Crippen LogP contribution < -0.4 is 11.1 Å². The lowest BCUT2D eigenvalue weighted by Crippen LogP contribution is -2.46. The second-order valence-electron chi connectivity index (χ2n) is 4.19. The molecule has 5 N–H and O–H groups in total. The normalized spacial score (nSPS) is 14.4. The fourth-order valence-electron chi connectivity index (χ4n) is 1.46. The molecule has 0 saturated heterocycles. The van der Waals surface area contributed by atoms with E-state index in [0.717, 1.165) is 6.42 Å². The van der Waals surface area contributed by atoms with Crippen LogP contribution in [0.5, 0.6) is 0 Å². The Morgan fingerprint density at radius 1 is 1.69 bits per heavy atom. The number of aliphatic hydroxyl groups excluding tert-OH is 1. The molecule has 0 saturated carbocycles. The number of aromatic nitrogens is 1. The Bertz CT molecular complexity index is 362. The average Bonchev–Trinajstić information content (AvgIpc) is 2.65. The Hall–Kier alpha value is -1.49. The van der Waals surface area contributed by atoms with Crippen LogP contribution in [0.4, 0.5) is 5.69 Å². The summed E-state index contributed by atoms with van der Waals surface area (Å²) in [6.45, 7) is 3.93. The summed E-state index contributed by atoms with van der Waals surface area (Å²) < 4.78 is 0. The lowest BCUT2D eigenvalue weighted by molar-refractivity contribution is 0.0881. The average molecular weight is 225 g/mol. The van der Waals surface area contributed by atoms with E-state index in [1.165, 1.54) is 0 Å². The van der Waals surface area contributed by atoms with Crippen molar-refractivity contribution in [3.05, 3.63) is 18.0 Å². The van der Waals surface area contributed by atoms with Crippen LogP contribution in [0, 0.1) is 0 Å². The minimum atomic E-state index is -0.383. The van der Waals surface area contributed by atoms with Crippen molar-refractivity contribution in [2.45, 2.75) is 32.2 Å². The number of amides is 1. The van der Waals surface area contributed by atoms with Gasteiger partial charge in [-0.05, 0) is 25.8 Å². The number of aliphatic hydroxyl groups is 1. The predicted octanol–water partition coefficient (Wildman–Crippen LogP) is 0.878. The van der Waals surface area contributed by atoms with E-state index in [2.05, 4.69) is 10.3 Å². The first kappa shape index (κ1) is 12.6. The molecule has 0 aliphatic rings. The molecule has 1 aromatic rings. The van der Waals surface area contributed by atoms with Gasteiger partial charge in [-0.15, -0.1) is 0 Å². The molecule has 5 heteroatoms. The van der Waals surface area contributed by atoms with Gasteiger partial charge in [0.15, 0.2) is 0 Å². The van der Waals surface area contributed by atoms with Crippen molar-refractivity contribution >= 4 is 11.6 Å². The van der Waals surface area contributed by atoms with Gasteiger partial charge in [-0.2, -0.15) is 0 Å². The number of hydrogen-bond donors (Lipinski definition) is 4. The molecule has 1 rings (SSSR count). The summed E-state index contributed by atoms with van der Waals surface area (Å²) in [7, 11) is 0. The van der Waals surface area contributed by atoms with Gasteiger partial charge in [0.2, 0.25) is 0 Å². The summed E-state index contributed by atoms with van der Waals surface area (Å²) in [4.78, 5) is 14.6. The van der Waals surface area contributed by atoms with Gasteiger partial charge in [0.05, 0.1) is 0 Å². The zero-order chi connectivity index (χ0) is 12.2. The summed E-state index contributed by atoms with van der Waals surface area (Å²) in [5, 5.41) is 11.8. The van der Waals surface area contributed by atoms with Crippen molar-refractivity contribution in [3.63, 3.8) is 0 Å². The minimum Gasteiger partial charge on any atom is -0.397 e. The standard InChI is InChI=1S/C11H19N3O2/c1-3-11(2,4-5-15)14-10(16)9-6-8(12)7-13-9/h6-7,13,15H,3-5,12H2,1-2H3,(H,14,16). The monoisotopic (exact) mass is 225 g/mol. The maximum Gasteiger partial charge on any atom is 0.268 e. The van der Waals surface area contributed by atoms with Gasteiger partial charge in [-0.1, -0.05) is 6.92 Å². The Kier molecular flexibility index (Phi) is 3.95. The van der Waals surface area contributed by atoms with E-state index in [0.29, 0.717) is 17.8 Å². The lowest BCUT2D eigenvalue weighted by atomic mass is 9.95. The molecule has 90 valence electrons. The number of nitrogens with one attached hydrogen (secondary N) is 2. The van der Waals surface area contributed by atoms with Crippen LogP contribution in [0.1, 0.15) is 37.2 Å². The molecule has 0 radical (unpaired) electrons. The Morgan fingerprint density at radius 2 is 2.38 bits per heavy atom. The molecule has 1 atom stereocenters. The molecule has 0 aliphatic carbocycles. The molecule has 0 spiro atoms. The number of hydrogen-bond acceptors (Lipinski definition) is 3. The number of H-pyrrole nitrogens is 1. The van der Waals surface area contributed by atoms with E-state index in [-0.39, 0.29) is 18.1 Å². The predicted molar refractivity (Wildman–Crippen MR) is 63.1 cm³/mol. The SMILES string of the molecule is CCC(C)(CCO)NC(=O)c1cc(N)c[nH]1. The number of rotatable bonds is 5. The molecule has 0 bridgehead atoms. The number of aromatic amines is 1. The van der Waals surface area contributed by atoms with E-state index < -0.39 is 0 Å². The molecule has 1 aromatic heterocycles. The summed E-state index contributed by atoms with van der Waals surface area (Å²) in [6, 6.07) is 1.59. The van der Waals surface area contributed by atoms with Gasteiger partial charge in [-0.25, -0.2) is 0 Å². The highest BCUT2D eigenvalue weighted by atomic mass is 16.3. The van der Waals surface area contributed by atoms with Crippen LogP contribution in [-0.4, -0.2) is 28.1 Å². The van der Waals surface area contributed by atoms with Crippen LogP contribution in [0.2, 0.25) is 0 Å². The second-order valence-corrected chi connectivity index (χ2v) is 4.19. The molecule has 0 aromatic carbocycles. The first-order chi connectivity index (χ1) is 7.50. The molecule has 5 nitrogen and oxygen atoms in total. The molecular formula is C11H19N3O2. The lowest BCUT2D eigenvalue weighted by Gasteiger charge is -2.28. The van der Waals surface area contributed by atoms with Gasteiger partial charge in [0, 0.05) is 24.0 Å². The number of nitrogens with two attached hydrogens (primary N) is 1. The topological polar surface area (TPSA) is 91.1 Å². The van der Waals surface area contributed by atoms with Crippen molar-refractivity contribution in [3.8, 4) is 0 Å². The third-order valence-corrected chi connectivity index (χ3v) is 2.81. The van der Waals surface area contributed by atoms with Crippen molar-refractivity contribution in [1.29, 1.82) is 0 Å². The second kappa shape index (κ2) is 5.03. The number of carbonyl (C=O) groups is 1. The highest BCUT2D eigenvalue weighted by molar-refractivity contribution is 5.93. The summed E-state index contributed by atoms with van der Waals surface area (Å²) >= 11 is 0. The number of anilines is 1. The third kappa shape index (κ3) is 3.00. The van der Waals surface area contributed by atoms with Gasteiger partial charge in [0.1, 0.15) is 5.69 Å². The van der Waals surface area contributed by atoms with E-state index in [4.69, 9.17) is 10.8 Å². The van der Waals surface area contributed by atoms with Crippen LogP contribution >= 0.6 is 0 Å². The summed E-state index contributed by atoms with van der Waals surface area (Å²) in [5.74, 6) is -0.200. The molecule has 1 heterocycles.